The molecule has 0 saturated heterocycles. The zero-order chi connectivity index (χ0) is 18.9. The Kier molecular flexibility index (Phi) is 4.49. The number of aromatic nitrogens is 1. The lowest BCUT2D eigenvalue weighted by Gasteiger charge is -2.19. The number of hydrogen-bond donors (Lipinski definition) is 2. The van der Waals surface area contributed by atoms with Crippen molar-refractivity contribution in [3.63, 3.8) is 0 Å². The van der Waals surface area contributed by atoms with Gasteiger partial charge in [0.2, 0.25) is 5.91 Å². The molecule has 3 nitrogen and oxygen atoms in total. The molecule has 1 unspecified atom stereocenters. The van der Waals surface area contributed by atoms with Crippen LogP contribution in [0.4, 0.5) is 0 Å². The molecule has 0 saturated carbocycles. The summed E-state index contributed by atoms with van der Waals surface area (Å²) in [5.74, 6) is 0.0450. The first-order valence-electron chi connectivity index (χ1n) is 9.77. The van der Waals surface area contributed by atoms with Crippen LogP contribution >= 0.6 is 11.3 Å². The molecule has 0 spiro atoms. The number of benzene rings is 2. The molecule has 2 aromatic carbocycles. The fraction of sp³-hybridized carbons (Fsp3) is 0.208. The highest BCUT2D eigenvalue weighted by molar-refractivity contribution is 7.10. The molecular formula is C24H22N2OS. The lowest BCUT2D eigenvalue weighted by Crippen LogP contribution is -2.30. The van der Waals surface area contributed by atoms with Crippen LogP contribution in [-0.4, -0.2) is 10.9 Å². The number of hydrogen-bond acceptors (Lipinski definition) is 2. The third-order valence-corrected chi connectivity index (χ3v) is 6.55. The van der Waals surface area contributed by atoms with Crippen LogP contribution < -0.4 is 5.32 Å². The van der Waals surface area contributed by atoms with Gasteiger partial charge in [-0.15, -0.1) is 11.3 Å². The second-order valence-corrected chi connectivity index (χ2v) is 8.41. The molecule has 2 aromatic heterocycles. The fourth-order valence-electron chi connectivity index (χ4n) is 4.21. The summed E-state index contributed by atoms with van der Waals surface area (Å²) in [4.78, 5) is 17.4. The van der Waals surface area contributed by atoms with E-state index in [1.54, 1.807) is 11.3 Å². The van der Waals surface area contributed by atoms with E-state index in [4.69, 9.17) is 0 Å². The number of H-pyrrole nitrogens is 1. The maximum absolute atomic E-state index is 12.9. The summed E-state index contributed by atoms with van der Waals surface area (Å²) in [6, 6.07) is 18.9. The summed E-state index contributed by atoms with van der Waals surface area (Å²) in [6.07, 6.45) is 5.86. The Labute approximate surface area is 168 Å². The van der Waals surface area contributed by atoms with E-state index in [2.05, 4.69) is 46.0 Å². The standard InChI is InChI=1S/C24H22N2OS/c27-23(14-19-15-25-21-8-2-1-7-20(19)21)26-24(22-9-4-12-28-22)18-11-10-16-5-3-6-17(16)13-18/h1-2,4,7-13,15,24-25H,3,5-6,14H2,(H,26,27). The van der Waals surface area contributed by atoms with Crippen LogP contribution in [0.5, 0.6) is 0 Å². The maximum Gasteiger partial charge on any atom is 0.225 e. The van der Waals surface area contributed by atoms with E-state index in [1.807, 2.05) is 30.5 Å². The first kappa shape index (κ1) is 17.3. The minimum Gasteiger partial charge on any atom is -0.361 e. The molecule has 0 aliphatic heterocycles. The number of para-hydroxylation sites is 1. The molecule has 28 heavy (non-hydrogen) atoms. The molecule has 2 heterocycles. The molecule has 2 N–H and O–H groups in total. The normalized spacial score (nSPS) is 14.1. The quantitative estimate of drug-likeness (QED) is 0.488. The Morgan fingerprint density at radius 2 is 1.96 bits per heavy atom. The topological polar surface area (TPSA) is 44.9 Å². The second-order valence-electron chi connectivity index (χ2n) is 7.43. The third kappa shape index (κ3) is 3.25. The van der Waals surface area contributed by atoms with Crippen molar-refractivity contribution in [1.29, 1.82) is 0 Å². The highest BCUT2D eigenvalue weighted by Gasteiger charge is 2.21. The van der Waals surface area contributed by atoms with Crippen molar-refractivity contribution in [2.45, 2.75) is 31.7 Å². The van der Waals surface area contributed by atoms with E-state index in [0.717, 1.165) is 22.9 Å². The summed E-state index contributed by atoms with van der Waals surface area (Å²) in [7, 11) is 0. The lowest BCUT2D eigenvalue weighted by atomic mass is 9.99. The summed E-state index contributed by atoms with van der Waals surface area (Å²) in [5.41, 5.74) is 6.17. The van der Waals surface area contributed by atoms with Crippen LogP contribution in [0.25, 0.3) is 10.9 Å². The molecule has 0 radical (unpaired) electrons. The van der Waals surface area contributed by atoms with Gasteiger partial charge in [0, 0.05) is 22.0 Å². The zero-order valence-corrected chi connectivity index (χ0v) is 16.4. The smallest absolute Gasteiger partial charge is 0.225 e. The third-order valence-electron chi connectivity index (χ3n) is 5.61. The average Bonchev–Trinajstić information content (AvgIpc) is 3.47. The van der Waals surface area contributed by atoms with Gasteiger partial charge in [-0.1, -0.05) is 42.5 Å². The van der Waals surface area contributed by atoms with E-state index in [0.29, 0.717) is 6.42 Å². The Morgan fingerprint density at radius 1 is 1.07 bits per heavy atom. The van der Waals surface area contributed by atoms with E-state index in [1.165, 1.54) is 34.4 Å². The van der Waals surface area contributed by atoms with E-state index in [9.17, 15) is 4.79 Å². The predicted octanol–water partition coefficient (Wildman–Crippen LogP) is 5.17. The Hall–Kier alpha value is -2.85. The molecule has 1 atom stereocenters. The molecule has 1 aliphatic carbocycles. The highest BCUT2D eigenvalue weighted by atomic mass is 32.1. The van der Waals surface area contributed by atoms with Gasteiger partial charge in [0.25, 0.3) is 0 Å². The van der Waals surface area contributed by atoms with Gasteiger partial charge in [-0.25, -0.2) is 0 Å². The Balaban J connectivity index is 1.41. The molecular weight excluding hydrogens is 364 g/mol. The summed E-state index contributed by atoms with van der Waals surface area (Å²) in [5, 5.41) is 6.47. The van der Waals surface area contributed by atoms with Crippen molar-refractivity contribution >= 4 is 28.1 Å². The Bertz CT molecular complexity index is 1130. The molecule has 1 amide bonds. The van der Waals surface area contributed by atoms with Gasteiger partial charge >= 0.3 is 0 Å². The highest BCUT2D eigenvalue weighted by Crippen LogP contribution is 2.30. The number of rotatable bonds is 5. The van der Waals surface area contributed by atoms with Gasteiger partial charge in [-0.2, -0.15) is 0 Å². The summed E-state index contributed by atoms with van der Waals surface area (Å²) in [6.45, 7) is 0. The maximum atomic E-state index is 12.9. The van der Waals surface area contributed by atoms with Crippen molar-refractivity contribution in [2.24, 2.45) is 0 Å². The van der Waals surface area contributed by atoms with Gasteiger partial charge in [0.15, 0.2) is 0 Å². The molecule has 140 valence electrons. The molecule has 1 aliphatic rings. The molecule has 4 aromatic rings. The predicted molar refractivity (Wildman–Crippen MR) is 115 cm³/mol. The van der Waals surface area contributed by atoms with Crippen LogP contribution in [0, 0.1) is 0 Å². The number of aryl methyl sites for hydroxylation is 2. The molecule has 0 bridgehead atoms. The number of thiophene rings is 1. The number of carbonyl (C=O) groups excluding carboxylic acids is 1. The number of nitrogens with one attached hydrogen (secondary N) is 2. The molecule has 0 fully saturated rings. The fourth-order valence-corrected chi connectivity index (χ4v) is 5.01. The van der Waals surface area contributed by atoms with Crippen molar-refractivity contribution in [1.82, 2.24) is 10.3 Å². The average molecular weight is 387 g/mol. The largest absolute Gasteiger partial charge is 0.361 e. The lowest BCUT2D eigenvalue weighted by molar-refractivity contribution is -0.120. The van der Waals surface area contributed by atoms with Crippen molar-refractivity contribution < 1.29 is 4.79 Å². The van der Waals surface area contributed by atoms with Crippen LogP contribution in [0.2, 0.25) is 0 Å². The van der Waals surface area contributed by atoms with Crippen LogP contribution in [0.3, 0.4) is 0 Å². The van der Waals surface area contributed by atoms with Gasteiger partial charge in [0.05, 0.1) is 12.5 Å². The van der Waals surface area contributed by atoms with Gasteiger partial charge in [-0.3, -0.25) is 4.79 Å². The number of aromatic amines is 1. The molecule has 5 rings (SSSR count). The second kappa shape index (κ2) is 7.28. The van der Waals surface area contributed by atoms with E-state index in [-0.39, 0.29) is 11.9 Å². The zero-order valence-electron chi connectivity index (χ0n) is 15.6. The van der Waals surface area contributed by atoms with Crippen LogP contribution in [-0.2, 0) is 24.1 Å². The first-order chi connectivity index (χ1) is 13.8. The van der Waals surface area contributed by atoms with Gasteiger partial charge in [-0.05, 0) is 59.0 Å². The van der Waals surface area contributed by atoms with E-state index >= 15 is 0 Å². The van der Waals surface area contributed by atoms with Gasteiger partial charge < -0.3 is 10.3 Å². The number of amides is 1. The SMILES string of the molecule is O=C(Cc1c[nH]c2ccccc12)NC(c1ccc2c(c1)CCC2)c1cccs1. The minimum atomic E-state index is -0.0939. The van der Waals surface area contributed by atoms with Crippen LogP contribution in [0.15, 0.2) is 66.2 Å². The van der Waals surface area contributed by atoms with Crippen LogP contribution in [0.1, 0.15) is 39.6 Å². The minimum absolute atomic E-state index is 0.0450. The summed E-state index contributed by atoms with van der Waals surface area (Å²) < 4.78 is 0. The van der Waals surface area contributed by atoms with Crippen molar-refractivity contribution in [3.05, 3.63) is 93.3 Å². The Morgan fingerprint density at radius 3 is 2.86 bits per heavy atom. The monoisotopic (exact) mass is 386 g/mol. The van der Waals surface area contributed by atoms with Crippen molar-refractivity contribution in [3.8, 4) is 0 Å². The number of carbonyl (C=O) groups is 1. The number of fused-ring (bicyclic) bond motifs is 2. The van der Waals surface area contributed by atoms with E-state index < -0.39 is 0 Å². The summed E-state index contributed by atoms with van der Waals surface area (Å²) >= 11 is 1.69. The molecule has 4 heteroatoms. The van der Waals surface area contributed by atoms with Gasteiger partial charge in [0.1, 0.15) is 0 Å². The first-order valence-corrected chi connectivity index (χ1v) is 10.7. The van der Waals surface area contributed by atoms with Crippen molar-refractivity contribution in [2.75, 3.05) is 0 Å².